The molecule has 7 aromatic carbocycles. The lowest BCUT2D eigenvalue weighted by molar-refractivity contribution is 0.947. The maximum Gasteiger partial charge on any atom is 0.238 e. The summed E-state index contributed by atoms with van der Waals surface area (Å²) in [5.41, 5.74) is 11.2. The Balaban J connectivity index is 1.10. The zero-order valence-electron chi connectivity index (χ0n) is 28.0. The van der Waals surface area contributed by atoms with Gasteiger partial charge in [0, 0.05) is 32.5 Å². The van der Waals surface area contributed by atoms with Gasteiger partial charge in [-0.25, -0.2) is 9.97 Å². The van der Waals surface area contributed by atoms with Crippen molar-refractivity contribution >= 4 is 59.9 Å². The summed E-state index contributed by atoms with van der Waals surface area (Å²) in [4.78, 5) is 14.6. The number of fused-ring (bicyclic) bond motifs is 11. The summed E-state index contributed by atoms with van der Waals surface area (Å²) < 4.78 is 4.60. The quantitative estimate of drug-likeness (QED) is 0.176. The summed E-state index contributed by atoms with van der Waals surface area (Å²) in [6, 6.07) is 60.5. The molecule has 11 aromatic rings. The molecule has 0 saturated carbocycles. The van der Waals surface area contributed by atoms with Gasteiger partial charge in [-0.05, 0) is 64.0 Å². The molecule has 11 rings (SSSR count). The van der Waals surface area contributed by atoms with E-state index in [1.54, 1.807) is 6.33 Å². The minimum atomic E-state index is 0.586. The fraction of sp³-hybridized carbons (Fsp3) is 0. The number of para-hydroxylation sites is 2. The second-order valence-electron chi connectivity index (χ2n) is 13.3. The Morgan fingerprint density at radius 2 is 0.942 bits per heavy atom. The average Bonchev–Trinajstić information content (AvgIpc) is 3.77. The Morgan fingerprint density at radius 1 is 0.346 bits per heavy atom. The predicted molar refractivity (Wildman–Crippen MR) is 214 cm³/mol. The van der Waals surface area contributed by atoms with Gasteiger partial charge in [-0.3, -0.25) is 4.57 Å². The van der Waals surface area contributed by atoms with E-state index in [4.69, 9.17) is 9.97 Å². The predicted octanol–water partition coefficient (Wildman–Crippen LogP) is 11.7. The smallest absolute Gasteiger partial charge is 0.238 e. The highest BCUT2D eigenvalue weighted by Gasteiger charge is 2.19. The van der Waals surface area contributed by atoms with Crippen molar-refractivity contribution in [3.8, 4) is 39.6 Å². The summed E-state index contributed by atoms with van der Waals surface area (Å²) in [7, 11) is 0. The summed E-state index contributed by atoms with van der Waals surface area (Å²) in [5, 5.41) is 7.23. The fourth-order valence-corrected chi connectivity index (χ4v) is 8.03. The first-order chi connectivity index (χ1) is 25.8. The summed E-state index contributed by atoms with van der Waals surface area (Å²) in [6.07, 6.45) is 1.63. The van der Waals surface area contributed by atoms with Crippen LogP contribution in [0.2, 0.25) is 0 Å². The minimum absolute atomic E-state index is 0.586. The zero-order valence-corrected chi connectivity index (χ0v) is 28.0. The number of rotatable bonds is 4. The van der Waals surface area contributed by atoms with Crippen LogP contribution in [0.15, 0.2) is 176 Å². The SMILES string of the molecule is c1ccc(-c2ccc(-c3cccc(-c4ncnc(-n5c6ccccc6c6cc7c8ccccc8c8cc9ccccc9n8c7cc65)n4)c3)cc2)cc1. The average molecular weight is 664 g/mol. The molecule has 0 bridgehead atoms. The molecule has 0 amide bonds. The maximum absolute atomic E-state index is 5.14. The van der Waals surface area contributed by atoms with Gasteiger partial charge < -0.3 is 4.40 Å². The molecule has 242 valence electrons. The minimum Gasteiger partial charge on any atom is -0.309 e. The monoisotopic (exact) mass is 663 g/mol. The van der Waals surface area contributed by atoms with Crippen LogP contribution in [0.4, 0.5) is 0 Å². The van der Waals surface area contributed by atoms with E-state index in [9.17, 15) is 0 Å². The lowest BCUT2D eigenvalue weighted by atomic mass is 9.99. The number of hydrogen-bond acceptors (Lipinski definition) is 3. The van der Waals surface area contributed by atoms with Crippen LogP contribution in [0.3, 0.4) is 0 Å². The molecule has 0 N–H and O–H groups in total. The largest absolute Gasteiger partial charge is 0.309 e. The first-order valence-electron chi connectivity index (χ1n) is 17.5. The van der Waals surface area contributed by atoms with E-state index in [2.05, 4.69) is 178 Å². The van der Waals surface area contributed by atoms with Crippen LogP contribution in [0.5, 0.6) is 0 Å². The molecule has 0 atom stereocenters. The molecule has 52 heavy (non-hydrogen) atoms. The third-order valence-electron chi connectivity index (χ3n) is 10.4. The van der Waals surface area contributed by atoms with Gasteiger partial charge in [0.2, 0.25) is 5.95 Å². The van der Waals surface area contributed by atoms with Crippen molar-refractivity contribution in [2.45, 2.75) is 0 Å². The molecule has 0 fully saturated rings. The van der Waals surface area contributed by atoms with E-state index in [-0.39, 0.29) is 0 Å². The van der Waals surface area contributed by atoms with Gasteiger partial charge in [-0.15, -0.1) is 0 Å². The normalized spacial score (nSPS) is 11.8. The molecule has 5 heteroatoms. The molecule has 0 saturated heterocycles. The standard InChI is InChI=1S/C47H29N5/c1-2-11-30(12-3-1)31-21-23-32(24-22-31)33-14-10-15-35(25-33)46-48-29-49-47(50-46)52-42-20-9-7-18-38(42)40-27-39-36-16-5-6-17-37(36)43-26-34-13-4-8-19-41(34)51(43)44(39)28-45(40)52/h1-29H. The van der Waals surface area contributed by atoms with E-state index in [1.807, 2.05) is 6.07 Å². The first kappa shape index (κ1) is 28.7. The van der Waals surface area contributed by atoms with Gasteiger partial charge in [-0.1, -0.05) is 133 Å². The van der Waals surface area contributed by atoms with E-state index in [0.29, 0.717) is 11.8 Å². The van der Waals surface area contributed by atoms with Crippen LogP contribution in [0.25, 0.3) is 99.5 Å². The lowest BCUT2D eigenvalue weighted by Crippen LogP contribution is -2.03. The van der Waals surface area contributed by atoms with Crippen molar-refractivity contribution in [3.05, 3.63) is 176 Å². The second-order valence-corrected chi connectivity index (χ2v) is 13.3. The van der Waals surface area contributed by atoms with Gasteiger partial charge >= 0.3 is 0 Å². The number of aromatic nitrogens is 5. The Hall–Kier alpha value is -7.11. The third kappa shape index (κ3) is 4.33. The third-order valence-corrected chi connectivity index (χ3v) is 10.4. The lowest BCUT2D eigenvalue weighted by Gasteiger charge is -2.12. The van der Waals surface area contributed by atoms with Crippen LogP contribution in [-0.2, 0) is 0 Å². The highest BCUT2D eigenvalue weighted by atomic mass is 15.2. The number of hydrogen-bond donors (Lipinski definition) is 0. The van der Waals surface area contributed by atoms with Crippen molar-refractivity contribution in [3.63, 3.8) is 0 Å². The number of benzene rings is 7. The van der Waals surface area contributed by atoms with Crippen LogP contribution in [0, 0.1) is 0 Å². The van der Waals surface area contributed by atoms with E-state index in [0.717, 1.165) is 44.0 Å². The molecule has 4 heterocycles. The van der Waals surface area contributed by atoms with Crippen molar-refractivity contribution in [2.24, 2.45) is 0 Å². The molecule has 5 nitrogen and oxygen atoms in total. The van der Waals surface area contributed by atoms with Crippen molar-refractivity contribution < 1.29 is 0 Å². The Kier molecular flexibility index (Phi) is 6.18. The molecule has 0 spiro atoms. The fourth-order valence-electron chi connectivity index (χ4n) is 8.03. The van der Waals surface area contributed by atoms with E-state index < -0.39 is 0 Å². The van der Waals surface area contributed by atoms with Gasteiger partial charge in [0.1, 0.15) is 6.33 Å². The highest BCUT2D eigenvalue weighted by Crippen LogP contribution is 2.39. The first-order valence-corrected chi connectivity index (χ1v) is 17.5. The summed E-state index contributed by atoms with van der Waals surface area (Å²) in [6.45, 7) is 0. The molecule has 0 unspecified atom stereocenters. The Labute approximate surface area is 298 Å². The number of nitrogens with zero attached hydrogens (tertiary/aromatic N) is 5. The maximum atomic E-state index is 5.14. The van der Waals surface area contributed by atoms with E-state index >= 15 is 0 Å². The van der Waals surface area contributed by atoms with Crippen molar-refractivity contribution in [1.29, 1.82) is 0 Å². The van der Waals surface area contributed by atoms with E-state index in [1.165, 1.54) is 43.7 Å². The Morgan fingerprint density at radius 3 is 1.77 bits per heavy atom. The van der Waals surface area contributed by atoms with Crippen LogP contribution in [0.1, 0.15) is 0 Å². The van der Waals surface area contributed by atoms with Crippen molar-refractivity contribution in [2.75, 3.05) is 0 Å². The zero-order chi connectivity index (χ0) is 34.2. The molecule has 0 radical (unpaired) electrons. The van der Waals surface area contributed by atoms with Crippen LogP contribution >= 0.6 is 0 Å². The van der Waals surface area contributed by atoms with Crippen LogP contribution in [-0.4, -0.2) is 23.9 Å². The molecule has 4 aromatic heterocycles. The summed E-state index contributed by atoms with van der Waals surface area (Å²) >= 11 is 0. The van der Waals surface area contributed by atoms with Gasteiger partial charge in [0.25, 0.3) is 0 Å². The Bertz CT molecular complexity index is 3170. The second kappa shape index (κ2) is 11.2. The highest BCUT2D eigenvalue weighted by molar-refractivity contribution is 6.21. The molecular formula is C47H29N5. The number of pyridine rings is 1. The molecular weight excluding hydrogens is 635 g/mol. The molecule has 0 aliphatic carbocycles. The van der Waals surface area contributed by atoms with Gasteiger partial charge in [0.15, 0.2) is 5.82 Å². The molecule has 0 aliphatic rings. The molecule has 0 aliphatic heterocycles. The summed E-state index contributed by atoms with van der Waals surface area (Å²) in [5.74, 6) is 1.21. The topological polar surface area (TPSA) is 48.0 Å². The van der Waals surface area contributed by atoms with Gasteiger partial charge in [0.05, 0.1) is 27.6 Å². The van der Waals surface area contributed by atoms with Crippen molar-refractivity contribution in [1.82, 2.24) is 23.9 Å². The van der Waals surface area contributed by atoms with Gasteiger partial charge in [-0.2, -0.15) is 4.98 Å². The van der Waals surface area contributed by atoms with Crippen LogP contribution < -0.4 is 0 Å².